The van der Waals surface area contributed by atoms with E-state index >= 15 is 0 Å². The molecule has 8 heteroatoms. The van der Waals surface area contributed by atoms with E-state index in [2.05, 4.69) is 17.1 Å². The van der Waals surface area contributed by atoms with Crippen LogP contribution >= 0.6 is 0 Å². The van der Waals surface area contributed by atoms with Crippen LogP contribution in [0.4, 0.5) is 5.88 Å². The van der Waals surface area contributed by atoms with Crippen LogP contribution in [0.15, 0.2) is 68.4 Å². The van der Waals surface area contributed by atoms with Gasteiger partial charge in [-0.05, 0) is 75.7 Å². The van der Waals surface area contributed by atoms with Crippen LogP contribution < -0.4 is 9.47 Å². The van der Waals surface area contributed by atoms with Crippen molar-refractivity contribution in [1.82, 2.24) is 4.57 Å². The molecule has 3 heterocycles. The molecule has 0 aliphatic heterocycles. The highest BCUT2D eigenvalue weighted by Crippen LogP contribution is 2.43. The third-order valence-electron chi connectivity index (χ3n) is 7.21. The van der Waals surface area contributed by atoms with E-state index in [1.807, 2.05) is 86.9 Å². The second kappa shape index (κ2) is 11.0. The Morgan fingerprint density at radius 1 is 0.805 bits per heavy atom. The van der Waals surface area contributed by atoms with Gasteiger partial charge in [-0.2, -0.15) is 10.5 Å². The molecule has 0 unspecified atom stereocenters. The predicted molar refractivity (Wildman–Crippen MR) is 156 cm³/mol. The van der Waals surface area contributed by atoms with Crippen molar-refractivity contribution in [3.05, 3.63) is 94.0 Å². The van der Waals surface area contributed by atoms with Crippen LogP contribution in [0.1, 0.15) is 39.4 Å². The highest BCUT2D eigenvalue weighted by atomic mass is 16.5. The van der Waals surface area contributed by atoms with Crippen LogP contribution in [0.2, 0.25) is 0 Å². The number of hydrogen-bond acceptors (Lipinski definition) is 7. The van der Waals surface area contributed by atoms with E-state index in [9.17, 15) is 10.5 Å². The molecule has 41 heavy (non-hydrogen) atoms. The predicted octanol–water partition coefficient (Wildman–Crippen LogP) is 7.74. The zero-order valence-electron chi connectivity index (χ0n) is 23.7. The van der Waals surface area contributed by atoms with Gasteiger partial charge in [0.15, 0.2) is 0 Å². The molecule has 5 aromatic rings. The van der Waals surface area contributed by atoms with Crippen molar-refractivity contribution in [2.75, 3.05) is 14.2 Å². The van der Waals surface area contributed by atoms with Crippen LogP contribution in [0.3, 0.4) is 0 Å². The molecular formula is C33H28N4O4. The van der Waals surface area contributed by atoms with Crippen LogP contribution in [0.5, 0.6) is 11.5 Å². The molecular weight excluding hydrogens is 516 g/mol. The van der Waals surface area contributed by atoms with E-state index in [0.29, 0.717) is 45.6 Å². The molecule has 0 aliphatic rings. The first-order valence-electron chi connectivity index (χ1n) is 12.9. The largest absolute Gasteiger partial charge is 0.497 e. The molecule has 0 radical (unpaired) electrons. The molecule has 2 aromatic carbocycles. The summed E-state index contributed by atoms with van der Waals surface area (Å²) in [6.45, 7) is 7.59. The first-order valence-corrected chi connectivity index (χ1v) is 12.9. The van der Waals surface area contributed by atoms with Gasteiger partial charge in [-0.15, -0.1) is 0 Å². The van der Waals surface area contributed by atoms with Gasteiger partial charge in [0.25, 0.3) is 0 Å². The van der Waals surface area contributed by atoms with Crippen LogP contribution in [-0.2, 0) is 0 Å². The molecule has 0 N–H and O–H groups in total. The maximum absolute atomic E-state index is 10.3. The zero-order valence-corrected chi connectivity index (χ0v) is 23.7. The lowest BCUT2D eigenvalue weighted by molar-refractivity contribution is 0.414. The number of nitrogens with zero attached hydrogens (tertiary/aromatic N) is 4. The molecule has 0 atom stereocenters. The number of benzene rings is 2. The minimum absolute atomic E-state index is 0.191. The van der Waals surface area contributed by atoms with Crippen LogP contribution in [-0.4, -0.2) is 25.0 Å². The summed E-state index contributed by atoms with van der Waals surface area (Å²) >= 11 is 0. The Morgan fingerprint density at radius 2 is 1.39 bits per heavy atom. The van der Waals surface area contributed by atoms with E-state index in [4.69, 9.17) is 18.3 Å². The lowest BCUT2D eigenvalue weighted by Crippen LogP contribution is -2.00. The van der Waals surface area contributed by atoms with E-state index in [-0.39, 0.29) is 5.88 Å². The summed E-state index contributed by atoms with van der Waals surface area (Å²) in [5, 5.41) is 20.0. The number of aromatic nitrogens is 1. The third kappa shape index (κ3) is 4.77. The second-order valence-corrected chi connectivity index (χ2v) is 9.55. The molecule has 8 nitrogen and oxygen atoms in total. The highest BCUT2D eigenvalue weighted by Gasteiger charge is 2.24. The number of hydrogen-bond donors (Lipinski definition) is 0. The highest BCUT2D eigenvalue weighted by molar-refractivity contribution is 5.90. The number of methoxy groups -OCH3 is 2. The van der Waals surface area contributed by atoms with Gasteiger partial charge in [0, 0.05) is 39.9 Å². The fourth-order valence-corrected chi connectivity index (χ4v) is 4.85. The normalized spacial score (nSPS) is 11.0. The van der Waals surface area contributed by atoms with Gasteiger partial charge in [-0.1, -0.05) is 12.1 Å². The minimum Gasteiger partial charge on any atom is -0.497 e. The number of aliphatic imine (C=N–C) groups is 1. The Kier molecular flexibility index (Phi) is 7.24. The number of rotatable bonds is 7. The van der Waals surface area contributed by atoms with Crippen LogP contribution in [0, 0.1) is 50.4 Å². The lowest BCUT2D eigenvalue weighted by Gasteiger charge is -2.06. The average Bonchev–Trinajstić information content (AvgIpc) is 3.60. The monoisotopic (exact) mass is 544 g/mol. The molecule has 0 amide bonds. The van der Waals surface area contributed by atoms with Crippen molar-refractivity contribution < 1.29 is 18.3 Å². The van der Waals surface area contributed by atoms with Gasteiger partial charge in [0.2, 0.25) is 11.8 Å². The van der Waals surface area contributed by atoms with Gasteiger partial charge in [-0.3, -0.25) is 4.57 Å². The van der Waals surface area contributed by atoms with Crippen molar-refractivity contribution in [3.8, 4) is 52.0 Å². The molecule has 0 spiro atoms. The van der Waals surface area contributed by atoms with Crippen LogP contribution in [0.25, 0.3) is 28.3 Å². The maximum Gasteiger partial charge on any atom is 0.238 e. The summed E-state index contributed by atoms with van der Waals surface area (Å²) in [5.41, 5.74) is 6.36. The summed E-state index contributed by atoms with van der Waals surface area (Å²) in [6, 6.07) is 21.4. The van der Waals surface area contributed by atoms with Crippen molar-refractivity contribution >= 4 is 12.1 Å². The van der Waals surface area contributed by atoms with E-state index in [1.165, 1.54) is 0 Å². The minimum atomic E-state index is 0.191. The number of aryl methyl sites for hydroxylation is 2. The Morgan fingerprint density at radius 3 is 1.95 bits per heavy atom. The molecule has 204 valence electrons. The van der Waals surface area contributed by atoms with Gasteiger partial charge >= 0.3 is 0 Å². The zero-order chi connectivity index (χ0) is 29.3. The first kappa shape index (κ1) is 27.1. The number of furan rings is 2. The SMILES string of the molecule is COc1ccc(-c2oc(N=Cc3cc(C)n(-c4oc(C)c(C)c4C#N)c3C)c(C#N)c2-c2ccc(OC)cc2)cc1. The van der Waals surface area contributed by atoms with E-state index < -0.39 is 0 Å². The van der Waals surface area contributed by atoms with Gasteiger partial charge in [-0.25, -0.2) is 4.99 Å². The topological polar surface area (TPSA) is 110 Å². The van der Waals surface area contributed by atoms with E-state index in [1.54, 1.807) is 20.4 Å². The quantitative estimate of drug-likeness (QED) is 0.194. The molecule has 5 rings (SSSR count). The van der Waals surface area contributed by atoms with Gasteiger partial charge < -0.3 is 18.3 Å². The smallest absolute Gasteiger partial charge is 0.238 e. The van der Waals surface area contributed by atoms with Crippen molar-refractivity contribution in [2.24, 2.45) is 4.99 Å². The summed E-state index contributed by atoms with van der Waals surface area (Å²) in [7, 11) is 3.22. The standard InChI is InChI=1S/C33H28N4O4/c1-19-15-25(21(3)37(19)33-28(16-34)20(2)22(4)40-33)18-36-32-29(17-35)30(23-7-11-26(38-5)12-8-23)31(41-32)24-9-13-27(39-6)14-10-24/h7-15,18H,1-6H3. The Balaban J connectivity index is 1.63. The number of nitriles is 2. The molecule has 0 saturated heterocycles. The fraction of sp³-hybridized carbons (Fsp3) is 0.182. The van der Waals surface area contributed by atoms with E-state index in [0.717, 1.165) is 33.6 Å². The van der Waals surface area contributed by atoms with Crippen molar-refractivity contribution in [1.29, 1.82) is 10.5 Å². The fourth-order valence-electron chi connectivity index (χ4n) is 4.85. The lowest BCUT2D eigenvalue weighted by atomic mass is 9.98. The average molecular weight is 545 g/mol. The molecule has 0 bridgehead atoms. The Hall–Kier alpha value is -5.47. The van der Waals surface area contributed by atoms with Crippen molar-refractivity contribution in [3.63, 3.8) is 0 Å². The van der Waals surface area contributed by atoms with Gasteiger partial charge in [0.1, 0.15) is 46.3 Å². The Labute approximate surface area is 238 Å². The maximum atomic E-state index is 10.3. The van der Waals surface area contributed by atoms with Gasteiger partial charge in [0.05, 0.1) is 14.2 Å². The Bertz CT molecular complexity index is 1850. The molecule has 0 aliphatic carbocycles. The summed E-state index contributed by atoms with van der Waals surface area (Å²) < 4.78 is 24.8. The molecule has 0 fully saturated rings. The summed E-state index contributed by atoms with van der Waals surface area (Å²) in [4.78, 5) is 4.65. The number of ether oxygens (including phenoxy) is 2. The first-order chi connectivity index (χ1) is 19.8. The second-order valence-electron chi connectivity index (χ2n) is 9.55. The third-order valence-corrected chi connectivity index (χ3v) is 7.21. The molecule has 3 aromatic heterocycles. The molecule has 0 saturated carbocycles. The van der Waals surface area contributed by atoms with Crippen molar-refractivity contribution in [2.45, 2.75) is 27.7 Å². The summed E-state index contributed by atoms with van der Waals surface area (Å²) in [5.74, 6) is 3.31. The summed E-state index contributed by atoms with van der Waals surface area (Å²) in [6.07, 6.45) is 1.67.